The fourth-order valence-electron chi connectivity index (χ4n) is 2.85. The number of likely N-dealkylation sites (tertiary alicyclic amines) is 1. The molecule has 2 rings (SSSR count). The highest BCUT2D eigenvalue weighted by Gasteiger charge is 2.30. The van der Waals surface area contributed by atoms with Crippen molar-refractivity contribution in [3.8, 4) is 0 Å². The summed E-state index contributed by atoms with van der Waals surface area (Å²) in [6, 6.07) is 10.6. The van der Waals surface area contributed by atoms with Crippen LogP contribution in [0.4, 0.5) is 0 Å². The number of nitrogens with two attached hydrogens (primary N) is 1. The Labute approximate surface area is 115 Å². The van der Waals surface area contributed by atoms with Crippen LogP contribution in [0.2, 0.25) is 0 Å². The lowest BCUT2D eigenvalue weighted by Crippen LogP contribution is -2.33. The Morgan fingerprint density at radius 2 is 2.16 bits per heavy atom. The van der Waals surface area contributed by atoms with Crippen molar-refractivity contribution in [1.82, 2.24) is 4.90 Å². The van der Waals surface area contributed by atoms with Crippen LogP contribution in [0.1, 0.15) is 44.2 Å². The standard InChI is InChI=1S/C16H24N2O/c1-2-13(12-17)11-16(19)18-10-6-9-15(18)14-7-4-3-5-8-14/h3-5,7-8,13,15H,2,6,9-12,17H2,1H3. The van der Waals surface area contributed by atoms with E-state index in [0.29, 0.717) is 18.9 Å². The van der Waals surface area contributed by atoms with Gasteiger partial charge in [0.25, 0.3) is 0 Å². The molecule has 1 saturated heterocycles. The molecule has 1 aromatic rings. The first kappa shape index (κ1) is 14.1. The molecule has 2 atom stereocenters. The number of carbonyl (C=O) groups excluding carboxylic acids is 1. The fourth-order valence-corrected chi connectivity index (χ4v) is 2.85. The third kappa shape index (κ3) is 3.35. The second-order valence-corrected chi connectivity index (χ2v) is 5.37. The molecular formula is C16H24N2O. The topological polar surface area (TPSA) is 46.3 Å². The van der Waals surface area contributed by atoms with Crippen LogP contribution in [0, 0.1) is 5.92 Å². The molecule has 1 heterocycles. The summed E-state index contributed by atoms with van der Waals surface area (Å²) in [7, 11) is 0. The molecule has 1 aromatic carbocycles. The quantitative estimate of drug-likeness (QED) is 0.884. The lowest BCUT2D eigenvalue weighted by atomic mass is 10.0. The summed E-state index contributed by atoms with van der Waals surface area (Å²) in [5.41, 5.74) is 6.96. The molecule has 0 radical (unpaired) electrons. The molecule has 2 unspecified atom stereocenters. The van der Waals surface area contributed by atoms with Gasteiger partial charge in [-0.25, -0.2) is 0 Å². The van der Waals surface area contributed by atoms with Crippen molar-refractivity contribution >= 4 is 5.91 Å². The van der Waals surface area contributed by atoms with Gasteiger partial charge in [0.2, 0.25) is 5.91 Å². The zero-order chi connectivity index (χ0) is 13.7. The zero-order valence-corrected chi connectivity index (χ0v) is 11.7. The number of amides is 1. The third-order valence-electron chi connectivity index (χ3n) is 4.13. The molecule has 0 spiro atoms. The third-order valence-corrected chi connectivity index (χ3v) is 4.13. The minimum absolute atomic E-state index is 0.267. The normalized spacial score (nSPS) is 20.5. The second kappa shape index (κ2) is 6.71. The highest BCUT2D eigenvalue weighted by molar-refractivity contribution is 5.77. The zero-order valence-electron chi connectivity index (χ0n) is 11.7. The monoisotopic (exact) mass is 260 g/mol. The van der Waals surface area contributed by atoms with Gasteiger partial charge < -0.3 is 10.6 Å². The molecule has 0 aromatic heterocycles. The van der Waals surface area contributed by atoms with Crippen LogP contribution < -0.4 is 5.73 Å². The van der Waals surface area contributed by atoms with Gasteiger partial charge in [-0.05, 0) is 30.9 Å². The van der Waals surface area contributed by atoms with E-state index in [0.717, 1.165) is 25.8 Å². The first-order valence-electron chi connectivity index (χ1n) is 7.30. The molecule has 1 aliphatic rings. The van der Waals surface area contributed by atoms with Gasteiger partial charge in [0, 0.05) is 13.0 Å². The summed E-state index contributed by atoms with van der Waals surface area (Å²) >= 11 is 0. The number of rotatable bonds is 5. The number of hydrogen-bond donors (Lipinski definition) is 1. The SMILES string of the molecule is CCC(CN)CC(=O)N1CCCC1c1ccccc1. The number of hydrogen-bond acceptors (Lipinski definition) is 2. The predicted molar refractivity (Wildman–Crippen MR) is 77.6 cm³/mol. The molecule has 104 valence electrons. The van der Waals surface area contributed by atoms with E-state index in [9.17, 15) is 4.79 Å². The van der Waals surface area contributed by atoms with E-state index in [1.54, 1.807) is 0 Å². The number of nitrogens with zero attached hydrogens (tertiary/aromatic N) is 1. The Bertz CT molecular complexity index is 400. The van der Waals surface area contributed by atoms with E-state index in [-0.39, 0.29) is 11.9 Å². The van der Waals surface area contributed by atoms with E-state index >= 15 is 0 Å². The lowest BCUT2D eigenvalue weighted by Gasteiger charge is -2.26. The maximum absolute atomic E-state index is 12.4. The Morgan fingerprint density at radius 1 is 1.42 bits per heavy atom. The highest BCUT2D eigenvalue weighted by atomic mass is 16.2. The largest absolute Gasteiger partial charge is 0.336 e. The summed E-state index contributed by atoms with van der Waals surface area (Å²) in [6.07, 6.45) is 3.75. The van der Waals surface area contributed by atoms with E-state index in [1.165, 1.54) is 5.56 Å². The van der Waals surface area contributed by atoms with Gasteiger partial charge in [-0.2, -0.15) is 0 Å². The predicted octanol–water partition coefficient (Wildman–Crippen LogP) is 2.73. The van der Waals surface area contributed by atoms with Crippen LogP contribution in [0.3, 0.4) is 0 Å². The molecule has 1 amide bonds. The van der Waals surface area contributed by atoms with Crippen LogP contribution in [0.25, 0.3) is 0 Å². The van der Waals surface area contributed by atoms with Gasteiger partial charge in [-0.3, -0.25) is 4.79 Å². The Balaban J connectivity index is 2.04. The molecule has 0 saturated carbocycles. The van der Waals surface area contributed by atoms with E-state index < -0.39 is 0 Å². The summed E-state index contributed by atoms with van der Waals surface area (Å²) in [4.78, 5) is 14.5. The molecule has 3 nitrogen and oxygen atoms in total. The van der Waals surface area contributed by atoms with Crippen molar-refractivity contribution in [3.05, 3.63) is 35.9 Å². The van der Waals surface area contributed by atoms with E-state index in [1.807, 2.05) is 23.1 Å². The maximum Gasteiger partial charge on any atom is 0.223 e. The average molecular weight is 260 g/mol. The van der Waals surface area contributed by atoms with Gasteiger partial charge in [0.15, 0.2) is 0 Å². The van der Waals surface area contributed by atoms with Crippen molar-refractivity contribution in [2.75, 3.05) is 13.1 Å². The van der Waals surface area contributed by atoms with Crippen molar-refractivity contribution < 1.29 is 4.79 Å². The molecular weight excluding hydrogens is 236 g/mol. The van der Waals surface area contributed by atoms with E-state index in [2.05, 4.69) is 19.1 Å². The Morgan fingerprint density at radius 3 is 2.79 bits per heavy atom. The maximum atomic E-state index is 12.4. The first-order valence-corrected chi connectivity index (χ1v) is 7.30. The van der Waals surface area contributed by atoms with E-state index in [4.69, 9.17) is 5.73 Å². The number of carbonyl (C=O) groups is 1. The molecule has 1 aliphatic heterocycles. The van der Waals surface area contributed by atoms with Gasteiger partial charge in [0.05, 0.1) is 6.04 Å². The van der Waals surface area contributed by atoms with Crippen LogP contribution in [-0.2, 0) is 4.79 Å². The molecule has 2 N–H and O–H groups in total. The van der Waals surface area contributed by atoms with Gasteiger partial charge in [-0.1, -0.05) is 43.7 Å². The summed E-state index contributed by atoms with van der Waals surface area (Å²) in [5, 5.41) is 0. The summed E-state index contributed by atoms with van der Waals surface area (Å²) < 4.78 is 0. The Hall–Kier alpha value is -1.35. The van der Waals surface area contributed by atoms with Crippen molar-refractivity contribution in [2.24, 2.45) is 11.7 Å². The van der Waals surface area contributed by atoms with Gasteiger partial charge in [-0.15, -0.1) is 0 Å². The molecule has 1 fully saturated rings. The van der Waals surface area contributed by atoms with Crippen LogP contribution in [0.5, 0.6) is 0 Å². The number of benzene rings is 1. The Kier molecular flexibility index (Phi) is 4.97. The second-order valence-electron chi connectivity index (χ2n) is 5.37. The average Bonchev–Trinajstić information content (AvgIpc) is 2.95. The smallest absolute Gasteiger partial charge is 0.223 e. The minimum atomic E-state index is 0.267. The molecule has 0 bridgehead atoms. The van der Waals surface area contributed by atoms with Crippen molar-refractivity contribution in [2.45, 2.75) is 38.6 Å². The van der Waals surface area contributed by atoms with Crippen LogP contribution >= 0.6 is 0 Å². The molecule has 3 heteroatoms. The molecule has 19 heavy (non-hydrogen) atoms. The van der Waals surface area contributed by atoms with Crippen LogP contribution in [-0.4, -0.2) is 23.9 Å². The van der Waals surface area contributed by atoms with Crippen molar-refractivity contribution in [3.63, 3.8) is 0 Å². The first-order chi connectivity index (χ1) is 9.26. The lowest BCUT2D eigenvalue weighted by molar-refractivity contribution is -0.133. The van der Waals surface area contributed by atoms with Gasteiger partial charge >= 0.3 is 0 Å². The van der Waals surface area contributed by atoms with Gasteiger partial charge in [0.1, 0.15) is 0 Å². The van der Waals surface area contributed by atoms with Crippen LogP contribution in [0.15, 0.2) is 30.3 Å². The fraction of sp³-hybridized carbons (Fsp3) is 0.562. The summed E-state index contributed by atoms with van der Waals surface area (Å²) in [6.45, 7) is 3.59. The molecule has 0 aliphatic carbocycles. The minimum Gasteiger partial charge on any atom is -0.336 e. The highest BCUT2D eigenvalue weighted by Crippen LogP contribution is 2.32. The summed E-state index contributed by atoms with van der Waals surface area (Å²) in [5.74, 6) is 0.591. The van der Waals surface area contributed by atoms with Crippen molar-refractivity contribution in [1.29, 1.82) is 0 Å².